The lowest BCUT2D eigenvalue weighted by Crippen LogP contribution is -2.41. The molecule has 6 nitrogen and oxygen atoms in total. The molecular weight excluding hydrogens is 400 g/mol. The average Bonchev–Trinajstić information content (AvgIpc) is 2.71. The standard InChI is InChI=1S/C23H32N2O4S/c1-17-13-18(2)25(26)23(14-17)21(15-24-30(3,27)28)16-29-22-11-9-20(10-12-22)19-7-5-4-6-8-19/h4-8,13-14,20-22,24H,9-12,15-16H2,1-3H3/t20-,21-,22+/m1/s1. The van der Waals surface area contributed by atoms with Crippen molar-refractivity contribution in [1.82, 2.24) is 4.72 Å². The number of nitrogens with one attached hydrogen (secondary N) is 1. The lowest BCUT2D eigenvalue weighted by Gasteiger charge is -2.30. The first kappa shape index (κ1) is 22.7. The average molecular weight is 433 g/mol. The molecule has 1 aliphatic carbocycles. The molecule has 0 spiro atoms. The van der Waals surface area contributed by atoms with E-state index in [1.54, 1.807) is 6.92 Å². The summed E-state index contributed by atoms with van der Waals surface area (Å²) in [6.07, 6.45) is 5.35. The van der Waals surface area contributed by atoms with Gasteiger partial charge in [0.05, 0.1) is 24.9 Å². The Kier molecular flexibility index (Phi) is 7.50. The zero-order chi connectivity index (χ0) is 21.7. The van der Waals surface area contributed by atoms with Crippen LogP contribution in [0.3, 0.4) is 0 Å². The van der Waals surface area contributed by atoms with Crippen molar-refractivity contribution in [1.29, 1.82) is 0 Å². The van der Waals surface area contributed by atoms with Gasteiger partial charge >= 0.3 is 0 Å². The molecule has 0 bridgehead atoms. The summed E-state index contributed by atoms with van der Waals surface area (Å²) in [6.45, 7) is 4.15. The first-order valence-electron chi connectivity index (χ1n) is 10.5. The van der Waals surface area contributed by atoms with Crippen LogP contribution in [0, 0.1) is 19.1 Å². The molecule has 1 atom stereocenters. The van der Waals surface area contributed by atoms with Gasteiger partial charge in [-0.2, -0.15) is 4.73 Å². The molecule has 0 aliphatic heterocycles. The second kappa shape index (κ2) is 9.90. The second-order valence-corrected chi connectivity index (χ2v) is 10.3. The molecule has 3 rings (SSSR count). The monoisotopic (exact) mass is 432 g/mol. The summed E-state index contributed by atoms with van der Waals surface area (Å²) in [5, 5.41) is 12.6. The van der Waals surface area contributed by atoms with E-state index in [9.17, 15) is 13.6 Å². The molecule has 164 valence electrons. The van der Waals surface area contributed by atoms with E-state index in [2.05, 4.69) is 29.0 Å². The van der Waals surface area contributed by atoms with Gasteiger partial charge in [-0.15, -0.1) is 0 Å². The van der Waals surface area contributed by atoms with E-state index in [1.807, 2.05) is 25.1 Å². The van der Waals surface area contributed by atoms with Crippen molar-refractivity contribution in [3.05, 3.63) is 70.2 Å². The number of nitrogens with zero attached hydrogens (tertiary/aromatic N) is 1. The van der Waals surface area contributed by atoms with Crippen molar-refractivity contribution in [3.8, 4) is 0 Å². The minimum absolute atomic E-state index is 0.136. The summed E-state index contributed by atoms with van der Waals surface area (Å²) < 4.78 is 32.9. The van der Waals surface area contributed by atoms with Gasteiger partial charge in [0.15, 0.2) is 11.4 Å². The largest absolute Gasteiger partial charge is 0.618 e. The summed E-state index contributed by atoms with van der Waals surface area (Å²) in [4.78, 5) is 0. The second-order valence-electron chi connectivity index (χ2n) is 8.43. The Morgan fingerprint density at radius 1 is 1.13 bits per heavy atom. The highest BCUT2D eigenvalue weighted by Gasteiger charge is 2.27. The molecule has 0 saturated heterocycles. The molecule has 0 radical (unpaired) electrons. The molecular formula is C23H32N2O4S. The minimum Gasteiger partial charge on any atom is -0.618 e. The Morgan fingerprint density at radius 3 is 2.43 bits per heavy atom. The van der Waals surface area contributed by atoms with Crippen LogP contribution in [0.15, 0.2) is 42.5 Å². The summed E-state index contributed by atoms with van der Waals surface area (Å²) in [7, 11) is -3.36. The van der Waals surface area contributed by atoms with Crippen LogP contribution < -0.4 is 9.45 Å². The van der Waals surface area contributed by atoms with E-state index in [4.69, 9.17) is 4.74 Å². The Morgan fingerprint density at radius 2 is 1.80 bits per heavy atom. The molecule has 0 amide bonds. The number of benzene rings is 1. The van der Waals surface area contributed by atoms with Crippen LogP contribution >= 0.6 is 0 Å². The number of rotatable bonds is 8. The molecule has 1 aromatic heterocycles. The normalized spacial score (nSPS) is 20.8. The van der Waals surface area contributed by atoms with Crippen LogP contribution in [-0.4, -0.2) is 33.9 Å². The number of aromatic nitrogens is 1. The van der Waals surface area contributed by atoms with Gasteiger partial charge in [0.25, 0.3) is 0 Å². The summed E-state index contributed by atoms with van der Waals surface area (Å²) >= 11 is 0. The predicted molar refractivity (Wildman–Crippen MR) is 118 cm³/mol. The van der Waals surface area contributed by atoms with Crippen molar-refractivity contribution in [2.45, 2.75) is 57.5 Å². The Hall–Kier alpha value is -1.96. The van der Waals surface area contributed by atoms with E-state index in [0.29, 0.717) is 23.9 Å². The number of pyridine rings is 1. The van der Waals surface area contributed by atoms with Crippen LogP contribution in [0.2, 0.25) is 0 Å². The van der Waals surface area contributed by atoms with E-state index in [-0.39, 0.29) is 18.6 Å². The fraction of sp³-hybridized carbons (Fsp3) is 0.522. The van der Waals surface area contributed by atoms with Crippen molar-refractivity contribution in [3.63, 3.8) is 0 Å². The molecule has 7 heteroatoms. The zero-order valence-corrected chi connectivity index (χ0v) is 18.8. The maximum atomic E-state index is 12.6. The van der Waals surface area contributed by atoms with E-state index < -0.39 is 10.0 Å². The van der Waals surface area contributed by atoms with Crippen LogP contribution in [-0.2, 0) is 14.8 Å². The molecule has 1 saturated carbocycles. The molecule has 1 heterocycles. The van der Waals surface area contributed by atoms with Crippen LogP contribution in [0.5, 0.6) is 0 Å². The summed E-state index contributed by atoms with van der Waals surface area (Å²) in [5.74, 6) is 0.222. The van der Waals surface area contributed by atoms with Crippen molar-refractivity contribution < 1.29 is 17.9 Å². The molecule has 0 unspecified atom stereocenters. The number of aryl methyl sites for hydroxylation is 2. The number of sulfonamides is 1. The highest BCUT2D eigenvalue weighted by Crippen LogP contribution is 2.34. The van der Waals surface area contributed by atoms with Crippen LogP contribution in [0.25, 0.3) is 0 Å². The Bertz CT molecular complexity index is 939. The molecule has 2 aromatic rings. The van der Waals surface area contributed by atoms with E-state index >= 15 is 0 Å². The van der Waals surface area contributed by atoms with Crippen LogP contribution in [0.4, 0.5) is 0 Å². The Labute approximate surface area is 179 Å². The lowest BCUT2D eigenvalue weighted by molar-refractivity contribution is -0.622. The third-order valence-corrected chi connectivity index (χ3v) is 6.55. The molecule has 30 heavy (non-hydrogen) atoms. The number of hydrogen-bond acceptors (Lipinski definition) is 4. The third kappa shape index (κ3) is 6.27. The smallest absolute Gasteiger partial charge is 0.208 e. The topological polar surface area (TPSA) is 82.3 Å². The van der Waals surface area contributed by atoms with Gasteiger partial charge in [-0.25, -0.2) is 13.1 Å². The highest BCUT2D eigenvalue weighted by atomic mass is 32.2. The van der Waals surface area contributed by atoms with Gasteiger partial charge < -0.3 is 9.94 Å². The van der Waals surface area contributed by atoms with Gasteiger partial charge in [0.2, 0.25) is 10.0 Å². The quantitative estimate of drug-likeness (QED) is 0.512. The first-order valence-corrected chi connectivity index (χ1v) is 12.4. The van der Waals surface area contributed by atoms with Gasteiger partial charge in [0.1, 0.15) is 0 Å². The summed E-state index contributed by atoms with van der Waals surface area (Å²) in [5.41, 5.74) is 3.50. The van der Waals surface area contributed by atoms with E-state index in [1.165, 1.54) is 5.56 Å². The van der Waals surface area contributed by atoms with E-state index in [0.717, 1.165) is 42.2 Å². The first-order chi connectivity index (χ1) is 14.2. The van der Waals surface area contributed by atoms with Gasteiger partial charge in [0, 0.05) is 25.6 Å². The summed E-state index contributed by atoms with van der Waals surface area (Å²) in [6, 6.07) is 14.2. The van der Waals surface area contributed by atoms with Gasteiger partial charge in [-0.05, 0) is 49.7 Å². The van der Waals surface area contributed by atoms with Gasteiger partial charge in [-0.1, -0.05) is 30.3 Å². The lowest BCUT2D eigenvalue weighted by atomic mass is 9.83. The van der Waals surface area contributed by atoms with Crippen LogP contribution in [0.1, 0.15) is 60.0 Å². The van der Waals surface area contributed by atoms with Crippen molar-refractivity contribution >= 4 is 10.0 Å². The maximum Gasteiger partial charge on any atom is 0.208 e. The molecule has 1 N–H and O–H groups in total. The number of ether oxygens (including phenoxy) is 1. The van der Waals surface area contributed by atoms with Crippen molar-refractivity contribution in [2.75, 3.05) is 19.4 Å². The van der Waals surface area contributed by atoms with Gasteiger partial charge in [-0.3, -0.25) is 0 Å². The molecule has 1 aromatic carbocycles. The Balaban J connectivity index is 1.64. The SMILES string of the molecule is Cc1cc(C)[n+]([O-])c([C@H](CNS(C)(=O)=O)CO[C@H]2CC[C@@H](c3ccccc3)CC2)c1. The highest BCUT2D eigenvalue weighted by molar-refractivity contribution is 7.88. The van der Waals surface area contributed by atoms with Crippen molar-refractivity contribution in [2.24, 2.45) is 0 Å². The maximum absolute atomic E-state index is 12.6. The molecule has 1 aliphatic rings. The fourth-order valence-electron chi connectivity index (χ4n) is 4.25. The number of hydrogen-bond donors (Lipinski definition) is 1. The fourth-order valence-corrected chi connectivity index (χ4v) is 4.75. The third-order valence-electron chi connectivity index (χ3n) is 5.86. The minimum atomic E-state index is -3.36. The zero-order valence-electron chi connectivity index (χ0n) is 18.0. The molecule has 1 fully saturated rings. The predicted octanol–water partition coefficient (Wildman–Crippen LogP) is 3.31.